The lowest BCUT2D eigenvalue weighted by molar-refractivity contribution is -0.115. The van der Waals surface area contributed by atoms with Gasteiger partial charge in [0, 0.05) is 34.4 Å². The number of benzene rings is 3. The van der Waals surface area contributed by atoms with Crippen molar-refractivity contribution in [3.63, 3.8) is 0 Å². The fourth-order valence-electron chi connectivity index (χ4n) is 3.46. The molecule has 0 saturated carbocycles. The standard InChI is InChI=1S/C22H16N4OS/c27-18(23-15-8-2-1-3-9-15)12-13-28-22-24-20-16-10-4-6-14-7-5-11-17(19(14)16)21(20)25-26-22/h1-11H,12-13H2,(H,23,27). The first kappa shape index (κ1) is 16.9. The predicted molar refractivity (Wildman–Crippen MR) is 112 cm³/mol. The molecule has 1 amide bonds. The summed E-state index contributed by atoms with van der Waals surface area (Å²) in [7, 11) is 0. The summed E-state index contributed by atoms with van der Waals surface area (Å²) in [6.45, 7) is 0. The van der Waals surface area contributed by atoms with Crippen molar-refractivity contribution in [3.8, 4) is 22.5 Å². The van der Waals surface area contributed by atoms with Crippen molar-refractivity contribution in [1.29, 1.82) is 0 Å². The van der Waals surface area contributed by atoms with Gasteiger partial charge in [-0.3, -0.25) is 4.79 Å². The Labute approximate surface area is 166 Å². The lowest BCUT2D eigenvalue weighted by Gasteiger charge is -2.05. The summed E-state index contributed by atoms with van der Waals surface area (Å²) in [5.41, 5.74) is 4.69. The van der Waals surface area contributed by atoms with E-state index in [1.807, 2.05) is 42.5 Å². The lowest BCUT2D eigenvalue weighted by Crippen LogP contribution is -2.12. The van der Waals surface area contributed by atoms with Gasteiger partial charge in [0.15, 0.2) is 0 Å². The van der Waals surface area contributed by atoms with Crippen LogP contribution in [0.4, 0.5) is 5.69 Å². The topological polar surface area (TPSA) is 67.8 Å². The van der Waals surface area contributed by atoms with E-state index in [0.29, 0.717) is 17.3 Å². The quantitative estimate of drug-likeness (QED) is 0.441. The van der Waals surface area contributed by atoms with E-state index < -0.39 is 0 Å². The smallest absolute Gasteiger partial charge is 0.225 e. The van der Waals surface area contributed by atoms with Crippen molar-refractivity contribution < 1.29 is 4.79 Å². The highest BCUT2D eigenvalue weighted by Gasteiger charge is 2.24. The van der Waals surface area contributed by atoms with Gasteiger partial charge >= 0.3 is 0 Å². The number of nitrogens with one attached hydrogen (secondary N) is 1. The highest BCUT2D eigenvalue weighted by atomic mass is 32.2. The first-order valence-electron chi connectivity index (χ1n) is 9.04. The summed E-state index contributed by atoms with van der Waals surface area (Å²) in [4.78, 5) is 16.8. The fraction of sp³-hybridized carbons (Fsp3) is 0.0909. The Morgan fingerprint density at radius 1 is 0.857 bits per heavy atom. The number of hydrogen-bond acceptors (Lipinski definition) is 5. The average Bonchev–Trinajstić information content (AvgIpc) is 3.04. The van der Waals surface area contributed by atoms with Crippen LogP contribution in [0, 0.1) is 0 Å². The van der Waals surface area contributed by atoms with Gasteiger partial charge in [-0.05, 0) is 17.5 Å². The van der Waals surface area contributed by atoms with Crippen molar-refractivity contribution in [1.82, 2.24) is 15.2 Å². The number of nitrogens with zero attached hydrogens (tertiary/aromatic N) is 3. The van der Waals surface area contributed by atoms with E-state index in [4.69, 9.17) is 4.98 Å². The van der Waals surface area contributed by atoms with Crippen LogP contribution in [0.25, 0.3) is 33.3 Å². The molecule has 1 N–H and O–H groups in total. The van der Waals surface area contributed by atoms with Crippen LogP contribution in [-0.2, 0) is 4.79 Å². The summed E-state index contributed by atoms with van der Waals surface area (Å²) in [6, 6.07) is 21.9. The Balaban J connectivity index is 1.30. The number of para-hydroxylation sites is 1. The molecule has 0 atom stereocenters. The fourth-order valence-corrected chi connectivity index (χ4v) is 4.18. The second kappa shape index (κ2) is 7.05. The molecule has 3 aromatic carbocycles. The van der Waals surface area contributed by atoms with Gasteiger partial charge in [0.25, 0.3) is 0 Å². The van der Waals surface area contributed by atoms with E-state index in [1.165, 1.54) is 22.5 Å². The summed E-state index contributed by atoms with van der Waals surface area (Å²) >= 11 is 1.45. The minimum absolute atomic E-state index is 0.0232. The minimum atomic E-state index is -0.0232. The van der Waals surface area contributed by atoms with Crippen molar-refractivity contribution >= 4 is 34.1 Å². The maximum Gasteiger partial charge on any atom is 0.225 e. The predicted octanol–water partition coefficient (Wildman–Crippen LogP) is 4.79. The first-order valence-corrected chi connectivity index (χ1v) is 10.0. The number of carbonyl (C=O) groups is 1. The Bertz CT molecular complexity index is 1190. The van der Waals surface area contributed by atoms with Gasteiger partial charge in [0.05, 0.1) is 0 Å². The molecule has 1 aliphatic rings. The van der Waals surface area contributed by atoms with Crippen LogP contribution in [0.2, 0.25) is 0 Å². The molecule has 0 radical (unpaired) electrons. The second-order valence-corrected chi connectivity index (χ2v) is 7.58. The van der Waals surface area contributed by atoms with E-state index in [9.17, 15) is 4.79 Å². The van der Waals surface area contributed by atoms with Crippen LogP contribution in [0.5, 0.6) is 0 Å². The number of aromatic nitrogens is 3. The van der Waals surface area contributed by atoms with Crippen LogP contribution in [-0.4, -0.2) is 26.8 Å². The molecule has 28 heavy (non-hydrogen) atoms. The molecule has 136 valence electrons. The Morgan fingerprint density at radius 2 is 1.61 bits per heavy atom. The number of rotatable bonds is 5. The summed E-state index contributed by atoms with van der Waals surface area (Å²) in [5, 5.41) is 14.6. The average molecular weight is 384 g/mol. The summed E-state index contributed by atoms with van der Waals surface area (Å²) in [6.07, 6.45) is 0.385. The molecular weight excluding hydrogens is 368 g/mol. The largest absolute Gasteiger partial charge is 0.326 e. The number of fused-ring (bicyclic) bond motifs is 3. The van der Waals surface area contributed by atoms with Crippen LogP contribution in [0.1, 0.15) is 6.42 Å². The molecule has 5 nitrogen and oxygen atoms in total. The van der Waals surface area contributed by atoms with Gasteiger partial charge in [-0.25, -0.2) is 4.98 Å². The molecule has 0 saturated heterocycles. The van der Waals surface area contributed by atoms with Gasteiger partial charge in [0.2, 0.25) is 11.1 Å². The lowest BCUT2D eigenvalue weighted by atomic mass is 10.0. The third-order valence-electron chi connectivity index (χ3n) is 4.70. The molecule has 1 aromatic heterocycles. The van der Waals surface area contributed by atoms with Crippen LogP contribution in [0.15, 0.2) is 71.9 Å². The summed E-state index contributed by atoms with van der Waals surface area (Å²) < 4.78 is 0. The van der Waals surface area contributed by atoms with Crippen molar-refractivity contribution in [3.05, 3.63) is 66.7 Å². The molecule has 6 heteroatoms. The third-order valence-corrected chi connectivity index (χ3v) is 5.54. The number of carbonyl (C=O) groups excluding carboxylic acids is 1. The molecule has 4 aromatic rings. The minimum Gasteiger partial charge on any atom is -0.326 e. The Morgan fingerprint density at radius 3 is 2.39 bits per heavy atom. The zero-order valence-electron chi connectivity index (χ0n) is 14.9. The summed E-state index contributed by atoms with van der Waals surface area (Å²) in [5.74, 6) is 0.570. The molecule has 0 bridgehead atoms. The maximum atomic E-state index is 12.1. The van der Waals surface area contributed by atoms with E-state index in [-0.39, 0.29) is 5.91 Å². The molecule has 5 rings (SSSR count). The van der Waals surface area contributed by atoms with Gasteiger partial charge in [-0.2, -0.15) is 0 Å². The molecule has 1 heterocycles. The Kier molecular flexibility index (Phi) is 4.25. The van der Waals surface area contributed by atoms with E-state index in [0.717, 1.165) is 28.2 Å². The van der Waals surface area contributed by atoms with Gasteiger partial charge in [-0.1, -0.05) is 66.4 Å². The molecular formula is C22H16N4OS. The number of anilines is 1. The molecule has 0 fully saturated rings. The third kappa shape index (κ3) is 3.01. The normalized spacial score (nSPS) is 11.4. The zero-order chi connectivity index (χ0) is 18.9. The van der Waals surface area contributed by atoms with Crippen molar-refractivity contribution in [2.24, 2.45) is 0 Å². The molecule has 0 unspecified atom stereocenters. The number of thioether (sulfide) groups is 1. The van der Waals surface area contributed by atoms with Crippen molar-refractivity contribution in [2.75, 3.05) is 11.1 Å². The maximum absolute atomic E-state index is 12.1. The Hall–Kier alpha value is -3.25. The zero-order valence-corrected chi connectivity index (χ0v) is 15.7. The number of hydrogen-bond donors (Lipinski definition) is 1. The monoisotopic (exact) mass is 384 g/mol. The highest BCUT2D eigenvalue weighted by molar-refractivity contribution is 7.99. The van der Waals surface area contributed by atoms with E-state index in [2.05, 4.69) is 39.8 Å². The van der Waals surface area contributed by atoms with Gasteiger partial charge in [-0.15, -0.1) is 10.2 Å². The van der Waals surface area contributed by atoms with Crippen LogP contribution in [0.3, 0.4) is 0 Å². The van der Waals surface area contributed by atoms with E-state index >= 15 is 0 Å². The second-order valence-electron chi connectivity index (χ2n) is 6.51. The van der Waals surface area contributed by atoms with Gasteiger partial charge < -0.3 is 5.32 Å². The van der Waals surface area contributed by atoms with Crippen LogP contribution < -0.4 is 5.32 Å². The SMILES string of the molecule is O=C(CCSc1nnc2c(n1)-c1cccc3cccc-2c13)Nc1ccccc1. The molecule has 0 spiro atoms. The van der Waals surface area contributed by atoms with Crippen LogP contribution >= 0.6 is 11.8 Å². The first-order chi connectivity index (χ1) is 13.8. The van der Waals surface area contributed by atoms with Crippen molar-refractivity contribution in [2.45, 2.75) is 11.6 Å². The highest BCUT2D eigenvalue weighted by Crippen LogP contribution is 2.44. The molecule has 1 aliphatic carbocycles. The van der Waals surface area contributed by atoms with E-state index in [1.54, 1.807) is 0 Å². The van der Waals surface area contributed by atoms with Gasteiger partial charge in [0.1, 0.15) is 11.4 Å². The number of amides is 1. The molecule has 0 aliphatic heterocycles.